The predicted molar refractivity (Wildman–Crippen MR) is 80.5 cm³/mol. The molecule has 0 radical (unpaired) electrons. The summed E-state index contributed by atoms with van der Waals surface area (Å²) in [6.45, 7) is 0. The average molecular weight is 279 g/mol. The number of nitrogens with one attached hydrogen (secondary N) is 1. The molecule has 104 valence electrons. The fourth-order valence-corrected chi connectivity index (χ4v) is 1.72. The van der Waals surface area contributed by atoms with Gasteiger partial charge in [-0.3, -0.25) is 0 Å². The van der Waals surface area contributed by atoms with Gasteiger partial charge in [-0.2, -0.15) is 15.0 Å². The molecule has 2 aromatic carbocycles. The summed E-state index contributed by atoms with van der Waals surface area (Å²) < 4.78 is 5.56. The normalized spacial score (nSPS) is 10.1. The van der Waals surface area contributed by atoms with Crippen molar-refractivity contribution < 1.29 is 4.74 Å². The van der Waals surface area contributed by atoms with Crippen molar-refractivity contribution >= 4 is 17.6 Å². The zero-order valence-electron chi connectivity index (χ0n) is 11.1. The molecule has 0 aliphatic heterocycles. The lowest BCUT2D eigenvalue weighted by Crippen LogP contribution is -2.04. The number of anilines is 3. The van der Waals surface area contributed by atoms with Gasteiger partial charge in [0.05, 0.1) is 0 Å². The molecule has 0 amide bonds. The van der Waals surface area contributed by atoms with Crippen LogP contribution in [0.2, 0.25) is 0 Å². The number of hydrogen-bond donors (Lipinski definition) is 2. The van der Waals surface area contributed by atoms with Crippen LogP contribution in [0.3, 0.4) is 0 Å². The predicted octanol–water partition coefficient (Wildman–Crippen LogP) is 2.99. The molecule has 0 aliphatic rings. The number of aromatic nitrogens is 3. The molecule has 3 rings (SSSR count). The third-order valence-electron chi connectivity index (χ3n) is 2.61. The van der Waals surface area contributed by atoms with Crippen LogP contribution in [0.1, 0.15) is 0 Å². The zero-order chi connectivity index (χ0) is 14.5. The Hall–Kier alpha value is -3.15. The van der Waals surface area contributed by atoms with Gasteiger partial charge in [-0.1, -0.05) is 36.4 Å². The van der Waals surface area contributed by atoms with E-state index in [1.165, 1.54) is 0 Å². The molecule has 1 heterocycles. The SMILES string of the molecule is Nc1nc(Nc2ccccc2)nc(Oc2ccccc2)n1. The van der Waals surface area contributed by atoms with Crippen LogP contribution < -0.4 is 15.8 Å². The third-order valence-corrected chi connectivity index (χ3v) is 2.61. The molecule has 0 atom stereocenters. The lowest BCUT2D eigenvalue weighted by atomic mass is 10.3. The van der Waals surface area contributed by atoms with Crippen molar-refractivity contribution in [2.45, 2.75) is 0 Å². The number of nitrogens with two attached hydrogens (primary N) is 1. The Morgan fingerprint density at radius 1 is 0.810 bits per heavy atom. The first-order valence-electron chi connectivity index (χ1n) is 6.36. The second kappa shape index (κ2) is 5.87. The molecule has 0 unspecified atom stereocenters. The van der Waals surface area contributed by atoms with E-state index in [1.54, 1.807) is 0 Å². The lowest BCUT2D eigenvalue weighted by molar-refractivity contribution is 0.442. The van der Waals surface area contributed by atoms with Crippen molar-refractivity contribution in [2.24, 2.45) is 0 Å². The van der Waals surface area contributed by atoms with Crippen LogP contribution in [-0.4, -0.2) is 15.0 Å². The Morgan fingerprint density at radius 3 is 2.19 bits per heavy atom. The van der Waals surface area contributed by atoms with E-state index in [-0.39, 0.29) is 12.0 Å². The van der Waals surface area contributed by atoms with E-state index in [0.717, 1.165) is 5.69 Å². The molecular weight excluding hydrogens is 266 g/mol. The maximum Gasteiger partial charge on any atom is 0.328 e. The summed E-state index contributed by atoms with van der Waals surface area (Å²) in [5.74, 6) is 1.06. The van der Waals surface area contributed by atoms with Crippen LogP contribution in [0.15, 0.2) is 60.7 Å². The maximum atomic E-state index is 5.68. The van der Waals surface area contributed by atoms with E-state index in [9.17, 15) is 0 Å². The first-order valence-corrected chi connectivity index (χ1v) is 6.36. The number of nitrogens with zero attached hydrogens (tertiary/aromatic N) is 3. The summed E-state index contributed by atoms with van der Waals surface area (Å²) in [6, 6.07) is 18.9. The summed E-state index contributed by atoms with van der Waals surface area (Å²) in [4.78, 5) is 12.2. The van der Waals surface area contributed by atoms with Gasteiger partial charge in [0, 0.05) is 5.69 Å². The zero-order valence-corrected chi connectivity index (χ0v) is 11.1. The number of benzene rings is 2. The highest BCUT2D eigenvalue weighted by Crippen LogP contribution is 2.20. The minimum atomic E-state index is 0.0920. The number of hydrogen-bond acceptors (Lipinski definition) is 6. The summed E-state index contributed by atoms with van der Waals surface area (Å²) >= 11 is 0. The van der Waals surface area contributed by atoms with Gasteiger partial charge in [-0.05, 0) is 24.3 Å². The molecule has 3 aromatic rings. The maximum absolute atomic E-state index is 5.68. The molecule has 0 spiro atoms. The van der Waals surface area contributed by atoms with Crippen molar-refractivity contribution in [1.82, 2.24) is 15.0 Å². The van der Waals surface area contributed by atoms with Crippen LogP contribution in [0.4, 0.5) is 17.6 Å². The molecule has 0 saturated heterocycles. The Kier molecular flexibility index (Phi) is 3.60. The Morgan fingerprint density at radius 2 is 1.48 bits per heavy atom. The highest BCUT2D eigenvalue weighted by atomic mass is 16.5. The second-order valence-electron chi connectivity index (χ2n) is 4.21. The van der Waals surface area contributed by atoms with Crippen LogP contribution in [0.5, 0.6) is 11.8 Å². The summed E-state index contributed by atoms with van der Waals surface area (Å²) in [7, 11) is 0. The summed E-state index contributed by atoms with van der Waals surface area (Å²) in [5.41, 5.74) is 6.54. The first kappa shape index (κ1) is 12.9. The monoisotopic (exact) mass is 279 g/mol. The lowest BCUT2D eigenvalue weighted by Gasteiger charge is -2.07. The van der Waals surface area contributed by atoms with Crippen LogP contribution >= 0.6 is 0 Å². The molecule has 3 N–H and O–H groups in total. The Bertz CT molecular complexity index is 659. The second-order valence-corrected chi connectivity index (χ2v) is 4.21. The van der Waals surface area contributed by atoms with E-state index in [2.05, 4.69) is 20.3 Å². The Balaban J connectivity index is 1.83. The van der Waals surface area contributed by atoms with E-state index in [1.807, 2.05) is 60.7 Å². The molecule has 0 fully saturated rings. The molecule has 6 heteroatoms. The topological polar surface area (TPSA) is 86.0 Å². The van der Waals surface area contributed by atoms with Gasteiger partial charge in [0.15, 0.2) is 0 Å². The number of rotatable bonds is 4. The van der Waals surface area contributed by atoms with Gasteiger partial charge in [0.2, 0.25) is 11.9 Å². The minimum absolute atomic E-state index is 0.0920. The van der Waals surface area contributed by atoms with Crippen LogP contribution in [0.25, 0.3) is 0 Å². The fourth-order valence-electron chi connectivity index (χ4n) is 1.72. The highest BCUT2D eigenvalue weighted by Gasteiger charge is 2.06. The van der Waals surface area contributed by atoms with E-state index in [4.69, 9.17) is 10.5 Å². The Labute approximate surface area is 121 Å². The van der Waals surface area contributed by atoms with E-state index < -0.39 is 0 Å². The van der Waals surface area contributed by atoms with Crippen molar-refractivity contribution in [2.75, 3.05) is 11.1 Å². The van der Waals surface area contributed by atoms with Crippen molar-refractivity contribution in [3.63, 3.8) is 0 Å². The van der Waals surface area contributed by atoms with Crippen LogP contribution in [-0.2, 0) is 0 Å². The third kappa shape index (κ3) is 3.44. The van der Waals surface area contributed by atoms with Gasteiger partial charge < -0.3 is 15.8 Å². The fraction of sp³-hybridized carbons (Fsp3) is 0. The molecule has 0 bridgehead atoms. The molecule has 1 aromatic heterocycles. The van der Waals surface area contributed by atoms with Crippen molar-refractivity contribution in [3.8, 4) is 11.8 Å². The van der Waals surface area contributed by atoms with Crippen LogP contribution in [0, 0.1) is 0 Å². The van der Waals surface area contributed by atoms with Gasteiger partial charge in [-0.25, -0.2) is 0 Å². The first-order chi connectivity index (χ1) is 10.3. The van der Waals surface area contributed by atoms with E-state index in [0.29, 0.717) is 11.7 Å². The number of para-hydroxylation sites is 2. The number of nitrogen functional groups attached to an aromatic ring is 1. The minimum Gasteiger partial charge on any atom is -0.424 e. The number of ether oxygens (including phenoxy) is 1. The summed E-state index contributed by atoms with van der Waals surface area (Å²) in [6.07, 6.45) is 0. The van der Waals surface area contributed by atoms with Crippen molar-refractivity contribution in [1.29, 1.82) is 0 Å². The van der Waals surface area contributed by atoms with Gasteiger partial charge in [0.25, 0.3) is 0 Å². The molecule has 0 aliphatic carbocycles. The quantitative estimate of drug-likeness (QED) is 0.763. The van der Waals surface area contributed by atoms with Gasteiger partial charge in [0.1, 0.15) is 5.75 Å². The largest absolute Gasteiger partial charge is 0.424 e. The van der Waals surface area contributed by atoms with Gasteiger partial charge in [-0.15, -0.1) is 0 Å². The standard InChI is InChI=1S/C15H13N5O/c16-13-18-14(17-11-7-3-1-4-8-11)20-15(19-13)21-12-9-5-2-6-10-12/h1-10H,(H3,16,17,18,19,20). The average Bonchev–Trinajstić information content (AvgIpc) is 2.48. The van der Waals surface area contributed by atoms with E-state index >= 15 is 0 Å². The molecule has 6 nitrogen and oxygen atoms in total. The molecule has 21 heavy (non-hydrogen) atoms. The summed E-state index contributed by atoms with van der Waals surface area (Å²) in [5, 5.41) is 3.05. The van der Waals surface area contributed by atoms with Crippen molar-refractivity contribution in [3.05, 3.63) is 60.7 Å². The van der Waals surface area contributed by atoms with Gasteiger partial charge >= 0.3 is 6.01 Å². The molecular formula is C15H13N5O. The molecule has 0 saturated carbocycles. The smallest absolute Gasteiger partial charge is 0.328 e. The highest BCUT2D eigenvalue weighted by molar-refractivity contribution is 5.53.